The van der Waals surface area contributed by atoms with Crippen LogP contribution in [0.5, 0.6) is 0 Å². The van der Waals surface area contributed by atoms with Crippen LogP contribution in [0.2, 0.25) is 19.6 Å². The Kier molecular flexibility index (Phi) is 3.14. The van der Waals surface area contributed by atoms with Crippen molar-refractivity contribution in [3.8, 4) is 0 Å². The normalized spacial score (nSPS) is 14.0. The predicted molar refractivity (Wildman–Crippen MR) is 45.7 cm³/mol. The Morgan fingerprint density at radius 2 is 1.44 bits per heavy atom. The van der Waals surface area contributed by atoms with E-state index in [2.05, 4.69) is 0 Å². The summed E-state index contributed by atoms with van der Waals surface area (Å²) in [4.78, 5) is 25.8. The van der Waals surface area contributed by atoms with Gasteiger partial charge >= 0.3 is 0 Å². The number of hydrogen-bond donors (Lipinski definition) is 4. The summed E-state index contributed by atoms with van der Waals surface area (Å²) in [5, 5.41) is 0. The molecule has 0 spiro atoms. The molecule has 0 bridgehead atoms. The number of rotatable bonds is 1. The van der Waals surface area contributed by atoms with Crippen LogP contribution in [0.15, 0.2) is 0 Å². The summed E-state index contributed by atoms with van der Waals surface area (Å²) >= 11 is 0. The summed E-state index contributed by atoms with van der Waals surface area (Å²) < 4.78 is 0. The van der Waals surface area contributed by atoms with E-state index in [0.29, 0.717) is 10.4 Å². The van der Waals surface area contributed by atoms with E-state index < -0.39 is 13.9 Å². The van der Waals surface area contributed by atoms with Gasteiger partial charge in [0.25, 0.3) is 6.72 Å². The van der Waals surface area contributed by atoms with Crippen molar-refractivity contribution in [1.29, 1.82) is 0 Å². The number of hydrogen-bond acceptors (Lipinski definition) is 0. The van der Waals surface area contributed by atoms with Gasteiger partial charge in [-0.05, 0) is 0 Å². The molecule has 0 aromatic heterocycles. The highest BCUT2D eigenvalue weighted by molar-refractivity contribution is 8.34. The Bertz CT molecular complexity index is 137. The van der Waals surface area contributed by atoms with Gasteiger partial charge in [-0.15, -0.1) is 10.4 Å². The molecule has 0 saturated carbocycles. The summed E-state index contributed by atoms with van der Waals surface area (Å²) in [6.07, 6.45) is 0. The van der Waals surface area contributed by atoms with E-state index in [9.17, 15) is 0 Å². The standard InChI is InChI=1S/C3H13O3PSSi/c1-9(2,3)8-7(4,5)6/h4-6,8H,1-3H3. The lowest BCUT2D eigenvalue weighted by atomic mass is 11.8. The zero-order valence-corrected chi connectivity index (χ0v) is 8.52. The third kappa shape index (κ3) is 8.88. The second kappa shape index (κ2) is 2.86. The molecule has 0 aromatic carbocycles. The van der Waals surface area contributed by atoms with Gasteiger partial charge in [-0.1, -0.05) is 19.6 Å². The molecule has 0 aliphatic rings. The molecular formula is C3H13O3PSSi. The van der Waals surface area contributed by atoms with Crippen molar-refractivity contribution in [2.45, 2.75) is 19.6 Å². The summed E-state index contributed by atoms with van der Waals surface area (Å²) in [6.45, 7) is 2.39. The van der Waals surface area contributed by atoms with Gasteiger partial charge in [-0.2, -0.15) is 0 Å². The van der Waals surface area contributed by atoms with Gasteiger partial charge in [-0.25, -0.2) is 0 Å². The maximum Gasteiger partial charge on any atom is 0.269 e. The molecule has 0 aromatic rings. The average molecular weight is 188 g/mol. The fourth-order valence-electron chi connectivity index (χ4n) is 0.402. The molecule has 0 aliphatic carbocycles. The maximum atomic E-state index is 8.60. The van der Waals surface area contributed by atoms with Crippen molar-refractivity contribution in [1.82, 2.24) is 0 Å². The minimum Gasteiger partial charge on any atom is -0.329 e. The minimum atomic E-state index is -3.50. The monoisotopic (exact) mass is 188 g/mol. The Labute approximate surface area is 59.2 Å². The Morgan fingerprint density at radius 1 is 1.11 bits per heavy atom. The van der Waals surface area contributed by atoms with E-state index in [1.807, 2.05) is 19.6 Å². The second-order valence-corrected chi connectivity index (χ2v) is 16.5. The summed E-state index contributed by atoms with van der Waals surface area (Å²) in [5.41, 5.74) is 0. The highest BCUT2D eigenvalue weighted by atomic mass is 32.6. The first kappa shape index (κ1) is 9.88. The van der Waals surface area contributed by atoms with Crippen LogP contribution in [0.4, 0.5) is 0 Å². The van der Waals surface area contributed by atoms with Gasteiger partial charge in [0.15, 0.2) is 0 Å². The molecule has 3 N–H and O–H groups in total. The third-order valence-electron chi connectivity index (χ3n) is 0.434. The largest absolute Gasteiger partial charge is 0.329 e. The lowest BCUT2D eigenvalue weighted by Gasteiger charge is -2.12. The zero-order chi connectivity index (χ0) is 7.71. The first-order valence-electron chi connectivity index (χ1n) is 2.52. The Balaban J connectivity index is 4.32. The van der Waals surface area contributed by atoms with E-state index in [1.165, 1.54) is 0 Å². The van der Waals surface area contributed by atoms with Gasteiger partial charge in [0.2, 0.25) is 0 Å². The molecule has 0 amide bonds. The highest BCUT2D eigenvalue weighted by Gasteiger charge is 2.14. The quantitative estimate of drug-likeness (QED) is 0.272. The van der Waals surface area contributed by atoms with Crippen LogP contribution in [0.25, 0.3) is 0 Å². The minimum absolute atomic E-state index is 0.449. The van der Waals surface area contributed by atoms with Crippen molar-refractivity contribution in [3.63, 3.8) is 0 Å². The average Bonchev–Trinajstić information content (AvgIpc) is 1.14. The van der Waals surface area contributed by atoms with E-state index in [1.54, 1.807) is 0 Å². The molecule has 58 valence electrons. The van der Waals surface area contributed by atoms with E-state index in [4.69, 9.17) is 14.7 Å². The number of thiol groups is 1. The summed E-state index contributed by atoms with van der Waals surface area (Å²) in [6, 6.07) is 0. The molecule has 0 aliphatic heterocycles. The van der Waals surface area contributed by atoms with Crippen LogP contribution in [-0.2, 0) is 10.4 Å². The van der Waals surface area contributed by atoms with Gasteiger partial charge in [0.05, 0.1) is 0 Å². The molecular weight excluding hydrogens is 175 g/mol. The molecule has 9 heavy (non-hydrogen) atoms. The van der Waals surface area contributed by atoms with Gasteiger partial charge in [0, 0.05) is 0 Å². The van der Waals surface area contributed by atoms with Crippen molar-refractivity contribution < 1.29 is 14.7 Å². The molecule has 0 saturated heterocycles. The fraction of sp³-hybridized carbons (Fsp3) is 1.00. The zero-order valence-electron chi connectivity index (χ0n) is 5.74. The van der Waals surface area contributed by atoms with E-state index in [0.717, 1.165) is 0 Å². The van der Waals surface area contributed by atoms with Crippen molar-refractivity contribution in [3.05, 3.63) is 0 Å². The van der Waals surface area contributed by atoms with Crippen molar-refractivity contribution in [2.75, 3.05) is 0 Å². The smallest absolute Gasteiger partial charge is 0.269 e. The van der Waals surface area contributed by atoms with Crippen molar-refractivity contribution >= 4 is 24.3 Å². The Hall–Kier alpha value is 0.877. The van der Waals surface area contributed by atoms with Gasteiger partial charge in [-0.3, -0.25) is 0 Å². The van der Waals surface area contributed by atoms with Crippen molar-refractivity contribution in [2.24, 2.45) is 0 Å². The Morgan fingerprint density at radius 3 is 1.44 bits per heavy atom. The molecule has 0 heterocycles. The lowest BCUT2D eigenvalue weighted by molar-refractivity contribution is 0.363. The molecule has 0 radical (unpaired) electrons. The molecule has 0 rings (SSSR count). The molecule has 0 atom stereocenters. The van der Waals surface area contributed by atoms with Gasteiger partial charge < -0.3 is 14.7 Å². The van der Waals surface area contributed by atoms with Crippen LogP contribution in [0, 0.1) is 0 Å². The fourth-order valence-corrected chi connectivity index (χ4v) is 10.9. The lowest BCUT2D eigenvalue weighted by Crippen LogP contribution is -2.18. The molecule has 6 heteroatoms. The highest BCUT2D eigenvalue weighted by Crippen LogP contribution is 2.33. The van der Waals surface area contributed by atoms with Crippen LogP contribution in [0.3, 0.4) is 0 Å². The molecule has 3 nitrogen and oxygen atoms in total. The predicted octanol–water partition coefficient (Wildman–Crippen LogP) is 0.291. The first-order chi connectivity index (χ1) is 3.71. The van der Waals surface area contributed by atoms with Crippen LogP contribution >= 0.6 is 6.72 Å². The summed E-state index contributed by atoms with van der Waals surface area (Å²) in [5.74, 6) is 0. The van der Waals surface area contributed by atoms with Gasteiger partial charge in [0.1, 0.15) is 7.22 Å². The second-order valence-electron chi connectivity index (χ2n) is 2.81. The first-order valence-corrected chi connectivity index (χ1v) is 10.1. The van der Waals surface area contributed by atoms with E-state index in [-0.39, 0.29) is 0 Å². The summed E-state index contributed by atoms with van der Waals surface area (Å²) in [7, 11) is -1.07. The SMILES string of the molecule is C[Si](C)(C)[SH]=P(O)(O)O. The molecule has 0 fully saturated rings. The topological polar surface area (TPSA) is 60.7 Å². The van der Waals surface area contributed by atoms with Crippen LogP contribution < -0.4 is 0 Å². The molecule has 0 unspecified atom stereocenters. The van der Waals surface area contributed by atoms with E-state index >= 15 is 0 Å². The maximum absolute atomic E-state index is 8.60. The van der Waals surface area contributed by atoms with Crippen LogP contribution in [-0.4, -0.2) is 21.9 Å². The third-order valence-corrected chi connectivity index (χ3v) is 11.7. The van der Waals surface area contributed by atoms with Crippen LogP contribution in [0.1, 0.15) is 0 Å².